The molecule has 0 bridgehead atoms. The highest BCUT2D eigenvalue weighted by atomic mass is 35.5. The Morgan fingerprint density at radius 2 is 1.47 bits per heavy atom. The Morgan fingerprint density at radius 1 is 0.861 bits per heavy atom. The second-order valence-corrected chi connectivity index (χ2v) is 12.5. The second-order valence-electron chi connectivity index (χ2n) is 8.09. The van der Waals surface area contributed by atoms with Crippen LogP contribution in [-0.2, 0) is 24.8 Å². The lowest BCUT2D eigenvalue weighted by atomic mass is 10.1. The first-order valence-corrected chi connectivity index (χ1v) is 14.3. The zero-order valence-electron chi connectivity index (χ0n) is 18.5. The average molecular weight is 570 g/mol. The summed E-state index contributed by atoms with van der Waals surface area (Å²) in [5, 5.41) is 9.29. The molecule has 36 heavy (non-hydrogen) atoms. The van der Waals surface area contributed by atoms with E-state index in [9.17, 15) is 21.6 Å². The number of nitrogens with one attached hydrogen (secondary N) is 2. The van der Waals surface area contributed by atoms with Gasteiger partial charge >= 0.3 is 0 Å². The van der Waals surface area contributed by atoms with Crippen molar-refractivity contribution in [3.8, 4) is 11.1 Å². The highest BCUT2D eigenvalue weighted by molar-refractivity contribution is 7.89. The van der Waals surface area contributed by atoms with Gasteiger partial charge in [-0.25, -0.2) is 27.0 Å². The summed E-state index contributed by atoms with van der Waals surface area (Å²) in [5.74, 6) is -0.993. The van der Waals surface area contributed by atoms with Crippen molar-refractivity contribution in [1.82, 2.24) is 14.5 Å². The first-order chi connectivity index (χ1) is 17.0. The van der Waals surface area contributed by atoms with Crippen LogP contribution in [0.3, 0.4) is 0 Å². The van der Waals surface area contributed by atoms with Crippen LogP contribution in [0.1, 0.15) is 6.42 Å². The second kappa shape index (κ2) is 10.5. The van der Waals surface area contributed by atoms with Crippen molar-refractivity contribution in [2.24, 2.45) is 0 Å². The zero-order valence-corrected chi connectivity index (χ0v) is 21.7. The molecule has 3 N–H and O–H groups in total. The van der Waals surface area contributed by atoms with Crippen molar-refractivity contribution in [2.45, 2.75) is 28.3 Å². The standard InChI is InChI=1S/C23H21Cl2N3O6S2/c24-20-11-10-19(13-21(20)25)36(33,34)28-14-17(12-22(28)23(29)26-30)27-35(31,32)18-8-6-16(7-9-18)15-4-2-1-3-5-15/h1-11,13,17,22,27,30H,12,14H2,(H,26,29)/t17-,22?/m0/s1. The number of halogens is 2. The molecule has 0 radical (unpaired) electrons. The van der Waals surface area contributed by atoms with Crippen LogP contribution in [-0.4, -0.2) is 50.9 Å². The van der Waals surface area contributed by atoms with Crippen molar-refractivity contribution >= 4 is 49.2 Å². The normalized spacial score (nSPS) is 18.8. The molecule has 190 valence electrons. The number of hydroxylamine groups is 1. The van der Waals surface area contributed by atoms with Gasteiger partial charge in [-0.2, -0.15) is 4.31 Å². The number of rotatable bonds is 7. The summed E-state index contributed by atoms with van der Waals surface area (Å²) in [5.41, 5.74) is 3.20. The number of nitrogens with zero attached hydrogens (tertiary/aromatic N) is 1. The molecule has 1 amide bonds. The molecule has 13 heteroatoms. The fourth-order valence-electron chi connectivity index (χ4n) is 3.99. The van der Waals surface area contributed by atoms with Crippen LogP contribution in [0, 0.1) is 0 Å². The van der Waals surface area contributed by atoms with Crippen LogP contribution in [0.4, 0.5) is 0 Å². The Labute approximate surface area is 218 Å². The molecule has 1 aliphatic rings. The smallest absolute Gasteiger partial charge is 0.261 e. The van der Waals surface area contributed by atoms with Crippen molar-refractivity contribution in [1.29, 1.82) is 0 Å². The number of benzene rings is 3. The quantitative estimate of drug-likeness (QED) is 0.295. The SMILES string of the molecule is O=C(NO)C1C[C@H](NS(=O)(=O)c2ccc(-c3ccccc3)cc2)CN1S(=O)(=O)c1ccc(Cl)c(Cl)c1. The molecule has 1 heterocycles. The molecular formula is C23H21Cl2N3O6S2. The third-order valence-corrected chi connectivity index (χ3v) is 9.91. The molecule has 1 unspecified atom stereocenters. The van der Waals surface area contributed by atoms with Gasteiger partial charge in [0.2, 0.25) is 20.0 Å². The summed E-state index contributed by atoms with van der Waals surface area (Å²) >= 11 is 11.8. The minimum Gasteiger partial charge on any atom is -0.289 e. The van der Waals surface area contributed by atoms with Crippen LogP contribution >= 0.6 is 23.2 Å². The molecule has 3 aromatic carbocycles. The van der Waals surface area contributed by atoms with Crippen LogP contribution in [0.5, 0.6) is 0 Å². The van der Waals surface area contributed by atoms with E-state index in [1.807, 2.05) is 30.3 Å². The van der Waals surface area contributed by atoms with Crippen LogP contribution in [0.2, 0.25) is 10.0 Å². The van der Waals surface area contributed by atoms with E-state index in [0.717, 1.165) is 21.5 Å². The van der Waals surface area contributed by atoms with E-state index in [0.29, 0.717) is 0 Å². The summed E-state index contributed by atoms with van der Waals surface area (Å²) in [7, 11) is -8.34. The summed E-state index contributed by atoms with van der Waals surface area (Å²) in [6.07, 6.45) is -0.200. The summed E-state index contributed by atoms with van der Waals surface area (Å²) in [6, 6.07) is 17.0. The Balaban J connectivity index is 1.57. The first kappa shape index (κ1) is 26.6. The fraction of sp³-hybridized carbons (Fsp3) is 0.174. The number of carbonyl (C=O) groups excluding carboxylic acids is 1. The summed E-state index contributed by atoms with van der Waals surface area (Å²) < 4.78 is 55.9. The zero-order chi connectivity index (χ0) is 26.1. The first-order valence-electron chi connectivity index (χ1n) is 10.6. The van der Waals surface area contributed by atoms with Gasteiger partial charge < -0.3 is 0 Å². The Bertz CT molecular complexity index is 1480. The monoisotopic (exact) mass is 569 g/mol. The predicted octanol–water partition coefficient (Wildman–Crippen LogP) is 3.28. The van der Waals surface area contributed by atoms with Gasteiger partial charge in [-0.15, -0.1) is 0 Å². The number of sulfonamides is 2. The molecule has 2 atom stereocenters. The fourth-order valence-corrected chi connectivity index (χ4v) is 7.26. The van der Waals surface area contributed by atoms with Crippen molar-refractivity contribution < 1.29 is 26.8 Å². The van der Waals surface area contributed by atoms with E-state index in [1.54, 1.807) is 12.1 Å². The molecular weight excluding hydrogens is 549 g/mol. The number of carbonyl (C=O) groups is 1. The summed E-state index contributed by atoms with van der Waals surface area (Å²) in [6.45, 7) is -0.345. The van der Waals surface area contributed by atoms with Crippen molar-refractivity contribution in [3.05, 3.63) is 82.8 Å². The molecule has 0 saturated carbocycles. The van der Waals surface area contributed by atoms with Crippen molar-refractivity contribution in [3.63, 3.8) is 0 Å². The number of hydrogen-bond donors (Lipinski definition) is 3. The van der Waals surface area contributed by atoms with E-state index >= 15 is 0 Å². The highest BCUT2D eigenvalue weighted by Gasteiger charge is 2.45. The van der Waals surface area contributed by atoms with Crippen LogP contribution < -0.4 is 10.2 Å². The minimum atomic E-state index is -4.29. The number of amides is 1. The predicted molar refractivity (Wildman–Crippen MR) is 135 cm³/mol. The lowest BCUT2D eigenvalue weighted by Gasteiger charge is -2.22. The third-order valence-electron chi connectivity index (χ3n) is 5.76. The van der Waals surface area contributed by atoms with Gasteiger partial charge in [0.25, 0.3) is 5.91 Å². The third kappa shape index (κ3) is 5.42. The van der Waals surface area contributed by atoms with Gasteiger partial charge in [0, 0.05) is 12.6 Å². The minimum absolute atomic E-state index is 0.00343. The number of hydrogen-bond acceptors (Lipinski definition) is 6. The van der Waals surface area contributed by atoms with Gasteiger partial charge in [0.1, 0.15) is 6.04 Å². The molecule has 3 aromatic rings. The van der Waals surface area contributed by atoms with E-state index < -0.39 is 38.0 Å². The van der Waals surface area contributed by atoms with Crippen molar-refractivity contribution in [2.75, 3.05) is 6.54 Å². The van der Waals surface area contributed by atoms with E-state index in [2.05, 4.69) is 4.72 Å². The Morgan fingerprint density at radius 3 is 2.08 bits per heavy atom. The summed E-state index contributed by atoms with van der Waals surface area (Å²) in [4.78, 5) is 12.0. The largest absolute Gasteiger partial charge is 0.289 e. The van der Waals surface area contributed by atoms with E-state index in [-0.39, 0.29) is 32.8 Å². The van der Waals surface area contributed by atoms with Gasteiger partial charge in [-0.3, -0.25) is 10.0 Å². The van der Waals surface area contributed by atoms with Gasteiger partial charge in [0.05, 0.1) is 19.8 Å². The highest BCUT2D eigenvalue weighted by Crippen LogP contribution is 2.31. The molecule has 1 saturated heterocycles. The topological polar surface area (TPSA) is 133 Å². The van der Waals surface area contributed by atoms with Crippen LogP contribution in [0.25, 0.3) is 11.1 Å². The van der Waals surface area contributed by atoms with Gasteiger partial charge in [-0.05, 0) is 47.9 Å². The maximum atomic E-state index is 13.3. The van der Waals surface area contributed by atoms with Crippen LogP contribution in [0.15, 0.2) is 82.6 Å². The molecule has 0 spiro atoms. The molecule has 9 nitrogen and oxygen atoms in total. The Kier molecular flexibility index (Phi) is 7.72. The lowest BCUT2D eigenvalue weighted by Crippen LogP contribution is -2.45. The van der Waals surface area contributed by atoms with E-state index in [4.69, 9.17) is 28.4 Å². The average Bonchev–Trinajstić information content (AvgIpc) is 3.29. The molecule has 1 aliphatic heterocycles. The van der Waals surface area contributed by atoms with Gasteiger partial charge in [-0.1, -0.05) is 65.7 Å². The molecule has 0 aromatic heterocycles. The Hall–Kier alpha value is -2.51. The molecule has 1 fully saturated rings. The van der Waals surface area contributed by atoms with E-state index in [1.165, 1.54) is 29.7 Å². The van der Waals surface area contributed by atoms with Gasteiger partial charge in [0.15, 0.2) is 0 Å². The lowest BCUT2D eigenvalue weighted by molar-refractivity contribution is -0.132. The maximum Gasteiger partial charge on any atom is 0.261 e. The molecule has 0 aliphatic carbocycles. The molecule has 4 rings (SSSR count). The maximum absolute atomic E-state index is 13.3.